The number of nitrogens with zero attached hydrogens (tertiary/aromatic N) is 2. The number of oxime groups is 1. The molecule has 1 aromatic heterocycles. The fraction of sp³-hybridized carbons (Fsp3) is 0.333. The van der Waals surface area contributed by atoms with E-state index in [9.17, 15) is 0 Å². The van der Waals surface area contributed by atoms with E-state index in [2.05, 4.69) is 15.5 Å². The summed E-state index contributed by atoms with van der Waals surface area (Å²) < 4.78 is 0. The monoisotopic (exact) mass is 194 g/mol. The van der Waals surface area contributed by atoms with E-state index in [1.807, 2.05) is 13.0 Å². The van der Waals surface area contributed by atoms with Gasteiger partial charge in [0.2, 0.25) is 0 Å². The Kier molecular flexibility index (Phi) is 3.87. The first-order chi connectivity index (χ1) is 6.74. The molecule has 0 saturated heterocycles. The molecule has 1 rings (SSSR count). The van der Waals surface area contributed by atoms with E-state index in [4.69, 9.17) is 10.9 Å². The van der Waals surface area contributed by atoms with Crippen molar-refractivity contribution >= 4 is 5.84 Å². The molecule has 76 valence electrons. The summed E-state index contributed by atoms with van der Waals surface area (Å²) >= 11 is 0. The van der Waals surface area contributed by atoms with Crippen molar-refractivity contribution in [2.75, 3.05) is 6.54 Å². The topological polar surface area (TPSA) is 83.5 Å². The molecule has 5 heteroatoms. The second-order valence-corrected chi connectivity index (χ2v) is 3.00. The first-order valence-corrected chi connectivity index (χ1v) is 4.30. The van der Waals surface area contributed by atoms with E-state index in [0.29, 0.717) is 13.1 Å². The van der Waals surface area contributed by atoms with Crippen molar-refractivity contribution in [3.63, 3.8) is 0 Å². The molecule has 1 aromatic rings. The van der Waals surface area contributed by atoms with E-state index in [0.717, 1.165) is 11.1 Å². The van der Waals surface area contributed by atoms with Gasteiger partial charge < -0.3 is 16.3 Å². The zero-order valence-electron chi connectivity index (χ0n) is 8.07. The summed E-state index contributed by atoms with van der Waals surface area (Å²) in [5.74, 6) is 0.178. The minimum atomic E-state index is 0.178. The SMILES string of the molecule is Cc1cnccc1CNC/C(N)=N/O. The molecule has 4 N–H and O–H groups in total. The molecule has 0 aliphatic carbocycles. The highest BCUT2D eigenvalue weighted by molar-refractivity contribution is 5.81. The maximum absolute atomic E-state index is 8.30. The Balaban J connectivity index is 2.43. The van der Waals surface area contributed by atoms with Crippen molar-refractivity contribution in [3.8, 4) is 0 Å². The zero-order valence-corrected chi connectivity index (χ0v) is 8.07. The molecule has 0 aliphatic rings. The largest absolute Gasteiger partial charge is 0.409 e. The molecule has 0 unspecified atom stereocenters. The van der Waals surface area contributed by atoms with Crippen LogP contribution in [0.5, 0.6) is 0 Å². The van der Waals surface area contributed by atoms with Gasteiger partial charge in [-0.2, -0.15) is 0 Å². The molecule has 14 heavy (non-hydrogen) atoms. The number of nitrogens with one attached hydrogen (secondary N) is 1. The van der Waals surface area contributed by atoms with Crippen LogP contribution in [0.25, 0.3) is 0 Å². The van der Waals surface area contributed by atoms with Crippen molar-refractivity contribution in [2.24, 2.45) is 10.9 Å². The highest BCUT2D eigenvalue weighted by atomic mass is 16.4. The second kappa shape index (κ2) is 5.18. The Labute approximate surface area is 82.6 Å². The fourth-order valence-electron chi connectivity index (χ4n) is 1.06. The van der Waals surface area contributed by atoms with E-state index < -0.39 is 0 Å². The molecule has 0 radical (unpaired) electrons. The lowest BCUT2D eigenvalue weighted by Crippen LogP contribution is -2.28. The normalized spacial score (nSPS) is 11.6. The van der Waals surface area contributed by atoms with Gasteiger partial charge in [-0.05, 0) is 24.1 Å². The van der Waals surface area contributed by atoms with Crippen molar-refractivity contribution < 1.29 is 5.21 Å². The van der Waals surface area contributed by atoms with Crippen LogP contribution in [-0.2, 0) is 6.54 Å². The fourth-order valence-corrected chi connectivity index (χ4v) is 1.06. The lowest BCUT2D eigenvalue weighted by atomic mass is 10.1. The molecule has 0 spiro atoms. The highest BCUT2D eigenvalue weighted by Crippen LogP contribution is 2.03. The third-order valence-corrected chi connectivity index (χ3v) is 1.89. The minimum Gasteiger partial charge on any atom is -0.409 e. The molecular weight excluding hydrogens is 180 g/mol. The third-order valence-electron chi connectivity index (χ3n) is 1.89. The van der Waals surface area contributed by atoms with Gasteiger partial charge in [-0.15, -0.1) is 0 Å². The van der Waals surface area contributed by atoms with Gasteiger partial charge in [0.1, 0.15) is 0 Å². The lowest BCUT2D eigenvalue weighted by molar-refractivity contribution is 0.317. The predicted molar refractivity (Wildman–Crippen MR) is 54.1 cm³/mol. The van der Waals surface area contributed by atoms with Gasteiger partial charge in [0.25, 0.3) is 0 Å². The minimum absolute atomic E-state index is 0.178. The van der Waals surface area contributed by atoms with Crippen LogP contribution >= 0.6 is 0 Å². The van der Waals surface area contributed by atoms with Crippen LogP contribution in [-0.4, -0.2) is 22.6 Å². The predicted octanol–water partition coefficient (Wildman–Crippen LogP) is 0.226. The van der Waals surface area contributed by atoms with Gasteiger partial charge in [0.05, 0.1) is 6.54 Å². The maximum atomic E-state index is 8.30. The quantitative estimate of drug-likeness (QED) is 0.277. The van der Waals surface area contributed by atoms with Crippen LogP contribution in [0.2, 0.25) is 0 Å². The maximum Gasteiger partial charge on any atom is 0.153 e. The van der Waals surface area contributed by atoms with Gasteiger partial charge in [-0.1, -0.05) is 5.16 Å². The average molecular weight is 194 g/mol. The van der Waals surface area contributed by atoms with Crippen molar-refractivity contribution in [2.45, 2.75) is 13.5 Å². The van der Waals surface area contributed by atoms with Crippen LogP contribution in [0.15, 0.2) is 23.6 Å². The molecule has 1 heterocycles. The zero-order chi connectivity index (χ0) is 10.4. The van der Waals surface area contributed by atoms with E-state index >= 15 is 0 Å². The highest BCUT2D eigenvalue weighted by Gasteiger charge is 1.97. The average Bonchev–Trinajstić information content (AvgIpc) is 2.20. The van der Waals surface area contributed by atoms with Crippen LogP contribution in [0, 0.1) is 6.92 Å². The van der Waals surface area contributed by atoms with Gasteiger partial charge in [-0.3, -0.25) is 4.98 Å². The second-order valence-electron chi connectivity index (χ2n) is 3.00. The molecule has 0 atom stereocenters. The summed E-state index contributed by atoms with van der Waals surface area (Å²) in [6.45, 7) is 3.05. The number of rotatable bonds is 4. The standard InChI is InChI=1S/C9H14N4O/c1-7-4-11-3-2-8(7)5-12-6-9(10)13-14/h2-4,12,14H,5-6H2,1H3,(H2,10,13). The molecule has 0 aromatic carbocycles. The summed E-state index contributed by atoms with van der Waals surface area (Å²) in [6, 6.07) is 1.94. The number of amidine groups is 1. The Hall–Kier alpha value is -1.62. The van der Waals surface area contributed by atoms with Crippen LogP contribution in [0.3, 0.4) is 0 Å². The summed E-state index contributed by atoms with van der Waals surface area (Å²) in [5.41, 5.74) is 7.58. The Morgan fingerprint density at radius 3 is 3.14 bits per heavy atom. The Morgan fingerprint density at radius 2 is 2.50 bits per heavy atom. The van der Waals surface area contributed by atoms with E-state index in [-0.39, 0.29) is 5.84 Å². The number of nitrogens with two attached hydrogens (primary N) is 1. The lowest BCUT2D eigenvalue weighted by Gasteiger charge is -2.05. The van der Waals surface area contributed by atoms with Gasteiger partial charge in [0, 0.05) is 18.9 Å². The third kappa shape index (κ3) is 3.02. The first-order valence-electron chi connectivity index (χ1n) is 4.30. The Morgan fingerprint density at radius 1 is 1.71 bits per heavy atom. The van der Waals surface area contributed by atoms with Crippen LogP contribution in [0.4, 0.5) is 0 Å². The van der Waals surface area contributed by atoms with Gasteiger partial charge >= 0.3 is 0 Å². The molecule has 0 bridgehead atoms. The molecule has 0 saturated carbocycles. The first kappa shape index (κ1) is 10.5. The van der Waals surface area contributed by atoms with E-state index in [1.54, 1.807) is 12.4 Å². The van der Waals surface area contributed by atoms with Crippen molar-refractivity contribution in [1.29, 1.82) is 0 Å². The summed E-state index contributed by atoms with van der Waals surface area (Å²) in [4.78, 5) is 3.99. The number of aryl methyl sites for hydroxylation is 1. The molecule has 5 nitrogen and oxygen atoms in total. The van der Waals surface area contributed by atoms with Gasteiger partial charge in [-0.25, -0.2) is 0 Å². The van der Waals surface area contributed by atoms with Crippen LogP contribution < -0.4 is 11.1 Å². The van der Waals surface area contributed by atoms with Crippen LogP contribution in [0.1, 0.15) is 11.1 Å². The van der Waals surface area contributed by atoms with Crippen molar-refractivity contribution in [3.05, 3.63) is 29.6 Å². The Bertz CT molecular complexity index is 324. The van der Waals surface area contributed by atoms with E-state index in [1.165, 1.54) is 0 Å². The molecule has 0 fully saturated rings. The smallest absolute Gasteiger partial charge is 0.153 e. The summed E-state index contributed by atoms with van der Waals surface area (Å²) in [7, 11) is 0. The number of hydrogen-bond acceptors (Lipinski definition) is 4. The summed E-state index contributed by atoms with van der Waals surface area (Å²) in [5, 5.41) is 14.2. The van der Waals surface area contributed by atoms with Crippen molar-refractivity contribution in [1.82, 2.24) is 10.3 Å². The number of aromatic nitrogens is 1. The molecular formula is C9H14N4O. The summed E-state index contributed by atoms with van der Waals surface area (Å²) in [6.07, 6.45) is 3.55. The van der Waals surface area contributed by atoms with Gasteiger partial charge in [0.15, 0.2) is 5.84 Å². The number of pyridine rings is 1. The molecule has 0 aliphatic heterocycles. The molecule has 0 amide bonds. The number of hydrogen-bond donors (Lipinski definition) is 3.